The van der Waals surface area contributed by atoms with E-state index >= 15 is 0 Å². The van der Waals surface area contributed by atoms with Crippen LogP contribution < -0.4 is 4.74 Å². The smallest absolute Gasteiger partial charge is 0.240 e. The van der Waals surface area contributed by atoms with Crippen LogP contribution in [0.5, 0.6) is 11.5 Å². The van der Waals surface area contributed by atoms with E-state index in [2.05, 4.69) is 4.99 Å². The van der Waals surface area contributed by atoms with Crippen LogP contribution in [0.2, 0.25) is 0 Å². The third-order valence-electron chi connectivity index (χ3n) is 2.31. The number of hydrogen-bond acceptors (Lipinski definition) is 4. The van der Waals surface area contributed by atoms with Crippen LogP contribution in [0, 0.1) is 17.1 Å². The van der Waals surface area contributed by atoms with Gasteiger partial charge in [0.2, 0.25) is 6.08 Å². The molecule has 4 nitrogen and oxygen atoms in total. The predicted molar refractivity (Wildman–Crippen MR) is 65.4 cm³/mol. The number of aliphatic imine (C=N–C) groups is 1. The molecular weight excluding hydrogens is 247 g/mol. The summed E-state index contributed by atoms with van der Waals surface area (Å²) in [5, 5.41) is 8.94. The number of para-hydroxylation sites is 1. The van der Waals surface area contributed by atoms with Gasteiger partial charge in [-0.05, 0) is 18.2 Å². The second-order valence-electron chi connectivity index (χ2n) is 3.53. The molecule has 0 aromatic heterocycles. The van der Waals surface area contributed by atoms with Crippen molar-refractivity contribution in [2.24, 2.45) is 4.99 Å². The van der Waals surface area contributed by atoms with Crippen LogP contribution >= 0.6 is 0 Å². The van der Waals surface area contributed by atoms with E-state index in [4.69, 9.17) is 10.00 Å². The Bertz CT molecular complexity index is 687. The zero-order valence-electron chi connectivity index (χ0n) is 9.63. The van der Waals surface area contributed by atoms with Gasteiger partial charge < -0.3 is 4.74 Å². The zero-order chi connectivity index (χ0) is 13.7. The SMILES string of the molecule is N#Cc1cc(F)c(N=C=O)cc1Oc1ccccc1. The van der Waals surface area contributed by atoms with Gasteiger partial charge in [-0.2, -0.15) is 10.3 Å². The van der Waals surface area contributed by atoms with Gasteiger partial charge in [-0.25, -0.2) is 9.18 Å². The van der Waals surface area contributed by atoms with E-state index in [1.807, 2.05) is 12.1 Å². The summed E-state index contributed by atoms with van der Waals surface area (Å²) in [6, 6.07) is 12.7. The van der Waals surface area contributed by atoms with Gasteiger partial charge in [-0.3, -0.25) is 0 Å². The monoisotopic (exact) mass is 254 g/mol. The van der Waals surface area contributed by atoms with Crippen molar-refractivity contribution in [1.82, 2.24) is 0 Å². The maximum Gasteiger partial charge on any atom is 0.240 e. The van der Waals surface area contributed by atoms with Crippen LogP contribution in [0.3, 0.4) is 0 Å². The highest BCUT2D eigenvalue weighted by Crippen LogP contribution is 2.31. The first-order valence-electron chi connectivity index (χ1n) is 5.29. The molecule has 0 aliphatic rings. The molecule has 0 fully saturated rings. The van der Waals surface area contributed by atoms with Gasteiger partial charge in [0, 0.05) is 6.07 Å². The Morgan fingerprint density at radius 1 is 1.21 bits per heavy atom. The van der Waals surface area contributed by atoms with Gasteiger partial charge in [0.05, 0.1) is 5.56 Å². The third kappa shape index (κ3) is 2.83. The molecule has 0 aliphatic carbocycles. The maximum absolute atomic E-state index is 13.5. The van der Waals surface area contributed by atoms with Crippen LogP contribution in [0.15, 0.2) is 47.5 Å². The molecule has 19 heavy (non-hydrogen) atoms. The average molecular weight is 254 g/mol. The molecule has 0 amide bonds. The lowest BCUT2D eigenvalue weighted by Crippen LogP contribution is -1.90. The highest BCUT2D eigenvalue weighted by atomic mass is 19.1. The number of nitrogens with zero attached hydrogens (tertiary/aromatic N) is 2. The van der Waals surface area contributed by atoms with Gasteiger partial charge in [-0.1, -0.05) is 18.2 Å². The molecule has 0 saturated heterocycles. The number of isocyanates is 1. The highest BCUT2D eigenvalue weighted by Gasteiger charge is 2.11. The second-order valence-corrected chi connectivity index (χ2v) is 3.53. The molecular formula is C14H7FN2O2. The van der Waals surface area contributed by atoms with Gasteiger partial charge >= 0.3 is 0 Å². The van der Waals surface area contributed by atoms with Gasteiger partial charge in [0.1, 0.15) is 23.3 Å². The number of benzene rings is 2. The summed E-state index contributed by atoms with van der Waals surface area (Å²) in [6.07, 6.45) is 1.25. The summed E-state index contributed by atoms with van der Waals surface area (Å²) < 4.78 is 18.9. The topological polar surface area (TPSA) is 62.5 Å². The van der Waals surface area contributed by atoms with Gasteiger partial charge in [-0.15, -0.1) is 0 Å². The molecule has 0 bridgehead atoms. The molecule has 0 heterocycles. The first-order valence-corrected chi connectivity index (χ1v) is 5.29. The van der Waals surface area contributed by atoms with E-state index in [0.29, 0.717) is 5.75 Å². The fourth-order valence-electron chi connectivity index (χ4n) is 1.46. The van der Waals surface area contributed by atoms with Crippen molar-refractivity contribution < 1.29 is 13.9 Å². The summed E-state index contributed by atoms with van der Waals surface area (Å²) in [6.45, 7) is 0. The Labute approximate surface area is 108 Å². The van der Waals surface area contributed by atoms with E-state index in [-0.39, 0.29) is 17.0 Å². The number of carbonyl (C=O) groups excluding carboxylic acids is 1. The molecule has 2 aromatic rings. The minimum Gasteiger partial charge on any atom is -0.456 e. The van der Waals surface area contributed by atoms with E-state index < -0.39 is 5.82 Å². The predicted octanol–water partition coefficient (Wildman–Crippen LogP) is 3.46. The molecule has 0 unspecified atom stereocenters. The molecule has 0 spiro atoms. The molecule has 0 atom stereocenters. The Hall–Kier alpha value is -2.96. The fraction of sp³-hybridized carbons (Fsp3) is 0. The molecule has 5 heteroatoms. The van der Waals surface area contributed by atoms with Crippen molar-refractivity contribution >= 4 is 11.8 Å². The lowest BCUT2D eigenvalue weighted by atomic mass is 10.2. The minimum atomic E-state index is -0.777. The Morgan fingerprint density at radius 2 is 1.95 bits per heavy atom. The first-order chi connectivity index (χ1) is 9.24. The van der Waals surface area contributed by atoms with Crippen LogP contribution in [-0.4, -0.2) is 6.08 Å². The lowest BCUT2D eigenvalue weighted by molar-refractivity contribution is 0.479. The fourth-order valence-corrected chi connectivity index (χ4v) is 1.46. The molecule has 0 aliphatic heterocycles. The van der Waals surface area contributed by atoms with E-state index in [0.717, 1.165) is 6.07 Å². The molecule has 92 valence electrons. The van der Waals surface area contributed by atoms with E-state index in [1.165, 1.54) is 12.1 Å². The summed E-state index contributed by atoms with van der Waals surface area (Å²) >= 11 is 0. The summed E-state index contributed by atoms with van der Waals surface area (Å²) in [7, 11) is 0. The number of ether oxygens (including phenoxy) is 1. The number of hydrogen-bond donors (Lipinski definition) is 0. The summed E-state index contributed by atoms with van der Waals surface area (Å²) in [4.78, 5) is 13.4. The maximum atomic E-state index is 13.5. The lowest BCUT2D eigenvalue weighted by Gasteiger charge is -2.08. The Balaban J connectivity index is 2.47. The second kappa shape index (κ2) is 5.58. The van der Waals surface area contributed by atoms with Crippen molar-refractivity contribution in [2.45, 2.75) is 0 Å². The van der Waals surface area contributed by atoms with E-state index in [1.54, 1.807) is 24.3 Å². The molecule has 0 radical (unpaired) electrons. The molecule has 0 saturated carbocycles. The molecule has 2 aromatic carbocycles. The number of nitriles is 1. The first kappa shape index (κ1) is 12.5. The van der Waals surface area contributed by atoms with Crippen molar-refractivity contribution in [2.75, 3.05) is 0 Å². The van der Waals surface area contributed by atoms with Crippen molar-refractivity contribution in [3.8, 4) is 17.6 Å². The summed E-state index contributed by atoms with van der Waals surface area (Å²) in [5.74, 6) is -0.156. The van der Waals surface area contributed by atoms with Gasteiger partial charge in [0.15, 0.2) is 5.82 Å². The average Bonchev–Trinajstić information content (AvgIpc) is 2.43. The van der Waals surface area contributed by atoms with Gasteiger partial charge in [0.25, 0.3) is 0 Å². The number of rotatable bonds is 3. The zero-order valence-corrected chi connectivity index (χ0v) is 9.63. The molecule has 2 rings (SSSR count). The van der Waals surface area contributed by atoms with Crippen molar-refractivity contribution in [3.63, 3.8) is 0 Å². The van der Waals surface area contributed by atoms with Crippen LogP contribution in [-0.2, 0) is 4.79 Å². The highest BCUT2D eigenvalue weighted by molar-refractivity contribution is 5.58. The third-order valence-corrected chi connectivity index (χ3v) is 2.31. The van der Waals surface area contributed by atoms with Crippen molar-refractivity contribution in [1.29, 1.82) is 5.26 Å². The van der Waals surface area contributed by atoms with E-state index in [9.17, 15) is 9.18 Å². The normalized spacial score (nSPS) is 9.26. The largest absolute Gasteiger partial charge is 0.456 e. The Morgan fingerprint density at radius 3 is 2.58 bits per heavy atom. The standard InChI is InChI=1S/C14H7FN2O2/c15-12-6-10(8-16)14(7-13(12)17-9-18)19-11-4-2-1-3-5-11/h1-7H. The molecule has 0 N–H and O–H groups in total. The Kier molecular flexibility index (Phi) is 3.67. The van der Waals surface area contributed by atoms with Crippen LogP contribution in [0.25, 0.3) is 0 Å². The quantitative estimate of drug-likeness (QED) is 0.622. The van der Waals surface area contributed by atoms with Crippen LogP contribution in [0.4, 0.5) is 10.1 Å². The number of halogens is 1. The minimum absolute atomic E-state index is 0.0196. The van der Waals surface area contributed by atoms with Crippen LogP contribution in [0.1, 0.15) is 5.56 Å². The summed E-state index contributed by atoms with van der Waals surface area (Å²) in [5.41, 5.74) is -0.203. The van der Waals surface area contributed by atoms with Crippen molar-refractivity contribution in [3.05, 3.63) is 53.8 Å².